The maximum absolute atomic E-state index is 9.34. The molecule has 0 saturated carbocycles. The summed E-state index contributed by atoms with van der Waals surface area (Å²) >= 11 is 2.98. The van der Waals surface area contributed by atoms with Gasteiger partial charge >= 0.3 is 0 Å². The molecule has 0 radical (unpaired) electrons. The van der Waals surface area contributed by atoms with E-state index < -0.39 is 0 Å². The Hall–Kier alpha value is -0.870. The van der Waals surface area contributed by atoms with Crippen LogP contribution in [-0.4, -0.2) is 11.4 Å². The topological polar surface area (TPSA) is 46.2 Å². The molecule has 1 aromatic heterocycles. The van der Waals surface area contributed by atoms with Crippen molar-refractivity contribution in [2.75, 3.05) is 12.0 Å². The monoisotopic (exact) mass is 211 g/mol. The third-order valence-corrected chi connectivity index (χ3v) is 3.81. The van der Waals surface area contributed by atoms with E-state index in [4.69, 9.17) is 5.73 Å². The Morgan fingerprint density at radius 3 is 2.92 bits per heavy atom. The van der Waals surface area contributed by atoms with E-state index in [-0.39, 0.29) is 0 Å². The number of fused-ring (bicyclic) bond motifs is 1. The molecule has 0 saturated heterocycles. The highest BCUT2D eigenvalue weighted by Crippen LogP contribution is 2.39. The van der Waals surface area contributed by atoms with Crippen LogP contribution in [0.25, 0.3) is 10.1 Å². The predicted octanol–water partition coefficient (Wildman–Crippen LogP) is 2.91. The second kappa shape index (κ2) is 3.12. The maximum Gasteiger partial charge on any atom is 0.172 e. The van der Waals surface area contributed by atoms with E-state index in [1.807, 2.05) is 18.4 Å². The van der Waals surface area contributed by atoms with Crippen LogP contribution in [0.4, 0.5) is 5.69 Å². The van der Waals surface area contributed by atoms with E-state index in [0.29, 0.717) is 5.06 Å². The standard InChI is InChI=1S/C9H9NOS2/c1-12-9-6(10)3-2-5-4-7(11)13-8(5)9/h2-4,11H,10H2,1H3. The molecule has 0 bridgehead atoms. The van der Waals surface area contributed by atoms with Crippen LogP contribution in [0.2, 0.25) is 0 Å². The molecule has 1 aromatic carbocycles. The van der Waals surface area contributed by atoms with Gasteiger partial charge in [0.15, 0.2) is 5.06 Å². The average molecular weight is 211 g/mol. The fraction of sp³-hybridized carbons (Fsp3) is 0.111. The van der Waals surface area contributed by atoms with Gasteiger partial charge in [-0.2, -0.15) is 0 Å². The number of nitrogen functional groups attached to an aromatic ring is 1. The zero-order valence-electron chi connectivity index (χ0n) is 7.07. The summed E-state index contributed by atoms with van der Waals surface area (Å²) in [6, 6.07) is 5.57. The Morgan fingerprint density at radius 2 is 2.23 bits per heavy atom. The van der Waals surface area contributed by atoms with E-state index in [1.54, 1.807) is 17.8 Å². The second-order valence-electron chi connectivity index (χ2n) is 2.69. The molecular weight excluding hydrogens is 202 g/mol. The molecule has 0 aliphatic heterocycles. The van der Waals surface area contributed by atoms with E-state index >= 15 is 0 Å². The van der Waals surface area contributed by atoms with Gasteiger partial charge in [0.25, 0.3) is 0 Å². The molecule has 13 heavy (non-hydrogen) atoms. The Balaban J connectivity index is 2.82. The molecule has 1 heterocycles. The Bertz CT molecular complexity index is 450. The summed E-state index contributed by atoms with van der Waals surface area (Å²) < 4.78 is 1.07. The first-order chi connectivity index (χ1) is 6.22. The molecule has 2 rings (SSSR count). The van der Waals surface area contributed by atoms with Crippen LogP contribution < -0.4 is 5.73 Å². The zero-order valence-corrected chi connectivity index (χ0v) is 8.71. The highest BCUT2D eigenvalue weighted by atomic mass is 32.2. The zero-order chi connectivity index (χ0) is 9.42. The molecule has 0 unspecified atom stereocenters. The summed E-state index contributed by atoms with van der Waals surface area (Å²) in [6.07, 6.45) is 1.99. The maximum atomic E-state index is 9.34. The van der Waals surface area contributed by atoms with Crippen molar-refractivity contribution in [3.63, 3.8) is 0 Å². The van der Waals surface area contributed by atoms with Crippen LogP contribution in [0.3, 0.4) is 0 Å². The molecule has 0 aliphatic rings. The van der Waals surface area contributed by atoms with Crippen LogP contribution in [0.15, 0.2) is 23.1 Å². The highest BCUT2D eigenvalue weighted by molar-refractivity contribution is 7.99. The predicted molar refractivity (Wildman–Crippen MR) is 59.7 cm³/mol. The van der Waals surface area contributed by atoms with Gasteiger partial charge in [0, 0.05) is 10.6 Å². The molecule has 0 fully saturated rings. The van der Waals surface area contributed by atoms with Crippen LogP contribution >= 0.6 is 23.1 Å². The minimum Gasteiger partial charge on any atom is -0.499 e. The summed E-state index contributed by atoms with van der Waals surface area (Å²) in [5.74, 6) is 0. The lowest BCUT2D eigenvalue weighted by atomic mass is 10.2. The van der Waals surface area contributed by atoms with Crippen molar-refractivity contribution in [2.45, 2.75) is 4.90 Å². The smallest absolute Gasteiger partial charge is 0.172 e. The molecule has 0 amide bonds. The third-order valence-electron chi connectivity index (χ3n) is 1.86. The van der Waals surface area contributed by atoms with Gasteiger partial charge in [0.2, 0.25) is 0 Å². The largest absolute Gasteiger partial charge is 0.499 e. The van der Waals surface area contributed by atoms with Crippen molar-refractivity contribution in [1.29, 1.82) is 0 Å². The van der Waals surface area contributed by atoms with Crippen molar-refractivity contribution < 1.29 is 5.11 Å². The number of benzene rings is 1. The molecule has 68 valence electrons. The highest BCUT2D eigenvalue weighted by Gasteiger charge is 2.07. The normalized spacial score (nSPS) is 10.8. The van der Waals surface area contributed by atoms with Gasteiger partial charge in [-0.05, 0) is 23.8 Å². The molecule has 0 spiro atoms. The molecule has 2 nitrogen and oxygen atoms in total. The third kappa shape index (κ3) is 1.36. The van der Waals surface area contributed by atoms with Gasteiger partial charge in [0.1, 0.15) is 0 Å². The van der Waals surface area contributed by atoms with E-state index in [9.17, 15) is 5.11 Å². The minimum absolute atomic E-state index is 0.343. The van der Waals surface area contributed by atoms with Gasteiger partial charge < -0.3 is 10.8 Å². The van der Waals surface area contributed by atoms with Gasteiger partial charge in [0.05, 0.1) is 4.70 Å². The number of anilines is 1. The lowest BCUT2D eigenvalue weighted by Gasteiger charge is -2.02. The fourth-order valence-electron chi connectivity index (χ4n) is 1.29. The minimum atomic E-state index is 0.343. The molecule has 4 heteroatoms. The second-order valence-corrected chi connectivity index (χ2v) is 4.54. The van der Waals surface area contributed by atoms with E-state index in [1.165, 1.54) is 11.3 Å². The van der Waals surface area contributed by atoms with Crippen molar-refractivity contribution in [1.82, 2.24) is 0 Å². The summed E-state index contributed by atoms with van der Waals surface area (Å²) in [5.41, 5.74) is 6.59. The van der Waals surface area contributed by atoms with Crippen molar-refractivity contribution >= 4 is 38.9 Å². The van der Waals surface area contributed by atoms with Gasteiger partial charge in [-0.1, -0.05) is 17.4 Å². The SMILES string of the molecule is CSc1c(N)ccc2cc(O)sc12. The van der Waals surface area contributed by atoms with Gasteiger partial charge in [-0.15, -0.1) is 11.8 Å². The Labute approximate surface area is 84.4 Å². The van der Waals surface area contributed by atoms with Crippen molar-refractivity contribution in [2.24, 2.45) is 0 Å². The molecular formula is C9H9NOS2. The number of hydrogen-bond donors (Lipinski definition) is 2. The quantitative estimate of drug-likeness (QED) is 0.563. The first kappa shape index (κ1) is 8.72. The van der Waals surface area contributed by atoms with Gasteiger partial charge in [-0.25, -0.2) is 0 Å². The first-order valence-electron chi connectivity index (χ1n) is 3.77. The fourth-order valence-corrected chi connectivity index (χ4v) is 3.12. The lowest BCUT2D eigenvalue weighted by molar-refractivity contribution is 0.491. The van der Waals surface area contributed by atoms with E-state index in [2.05, 4.69) is 0 Å². The molecule has 3 N–H and O–H groups in total. The first-order valence-corrected chi connectivity index (χ1v) is 5.81. The van der Waals surface area contributed by atoms with Gasteiger partial charge in [-0.3, -0.25) is 0 Å². The van der Waals surface area contributed by atoms with Crippen LogP contribution in [0, 0.1) is 0 Å². The van der Waals surface area contributed by atoms with Crippen LogP contribution in [0.5, 0.6) is 5.06 Å². The number of thiophene rings is 1. The van der Waals surface area contributed by atoms with E-state index in [0.717, 1.165) is 20.7 Å². The van der Waals surface area contributed by atoms with Crippen molar-refractivity contribution in [3.05, 3.63) is 18.2 Å². The number of aromatic hydroxyl groups is 1. The number of rotatable bonds is 1. The summed E-state index contributed by atoms with van der Waals surface area (Å²) in [4.78, 5) is 1.06. The lowest BCUT2D eigenvalue weighted by Crippen LogP contribution is -1.86. The molecule has 0 atom stereocenters. The average Bonchev–Trinajstić information content (AvgIpc) is 2.45. The number of hydrogen-bond acceptors (Lipinski definition) is 4. The van der Waals surface area contributed by atoms with Crippen molar-refractivity contribution in [3.8, 4) is 5.06 Å². The summed E-state index contributed by atoms with van der Waals surface area (Å²) in [7, 11) is 0. The number of nitrogens with two attached hydrogens (primary N) is 1. The van der Waals surface area contributed by atoms with Crippen LogP contribution in [0.1, 0.15) is 0 Å². The summed E-state index contributed by atoms with van der Waals surface area (Å²) in [6.45, 7) is 0. The Morgan fingerprint density at radius 1 is 1.46 bits per heavy atom. The summed E-state index contributed by atoms with van der Waals surface area (Å²) in [5, 5.41) is 10.7. The molecule has 2 aromatic rings. The number of thioether (sulfide) groups is 1. The Kier molecular flexibility index (Phi) is 2.09. The van der Waals surface area contributed by atoms with Crippen LogP contribution in [-0.2, 0) is 0 Å². The molecule has 0 aliphatic carbocycles.